The predicted octanol–water partition coefficient (Wildman–Crippen LogP) is 4.92. The standard InChI is InChI=1S/C34H36F3N7O2/c1-2-28(45)44-15-14-42(19-22(44)10-12-38)32-26-17-39-30(25-8-9-27(36)24-7-4-3-6-23(24)25)29(37)31(26)40-33(41-32)46-20-34-11-5-13-43(34)18-21(35)16-34/h2,8-9,17,21-22H,1,3-7,10-11,13-16,18-20H2/t21-,22+,34+/m1/s1. The number of carbonyl (C=O) groups is 1. The van der Waals surface area contributed by atoms with E-state index in [1.165, 1.54) is 18.3 Å². The lowest BCUT2D eigenvalue weighted by atomic mass is 9.86. The summed E-state index contributed by atoms with van der Waals surface area (Å²) in [5, 5.41) is 9.87. The van der Waals surface area contributed by atoms with Crippen LogP contribution in [0.1, 0.15) is 49.7 Å². The molecule has 1 amide bonds. The zero-order chi connectivity index (χ0) is 32.0. The lowest BCUT2D eigenvalue weighted by Crippen LogP contribution is -2.55. The summed E-state index contributed by atoms with van der Waals surface area (Å²) >= 11 is 0. The van der Waals surface area contributed by atoms with Gasteiger partial charge in [0.05, 0.1) is 29.5 Å². The molecule has 0 N–H and O–H groups in total. The minimum atomic E-state index is -0.934. The van der Waals surface area contributed by atoms with Gasteiger partial charge in [0.1, 0.15) is 35.6 Å². The van der Waals surface area contributed by atoms with E-state index in [4.69, 9.17) is 9.72 Å². The number of hydrogen-bond donors (Lipinski definition) is 0. The number of nitrogens with zero attached hydrogens (tertiary/aromatic N) is 7. The van der Waals surface area contributed by atoms with Crippen LogP contribution in [0.4, 0.5) is 19.0 Å². The number of nitriles is 1. The Labute approximate surface area is 265 Å². The Hall–Kier alpha value is -4.24. The van der Waals surface area contributed by atoms with Crippen molar-refractivity contribution >= 4 is 22.6 Å². The summed E-state index contributed by atoms with van der Waals surface area (Å²) in [5.74, 6) is -0.837. The minimum absolute atomic E-state index is 0.0101. The van der Waals surface area contributed by atoms with Gasteiger partial charge in [0, 0.05) is 44.4 Å². The van der Waals surface area contributed by atoms with Crippen LogP contribution in [0, 0.1) is 23.0 Å². The second-order valence-corrected chi connectivity index (χ2v) is 12.8. The monoisotopic (exact) mass is 631 g/mol. The summed E-state index contributed by atoms with van der Waals surface area (Å²) in [5.41, 5.74) is 1.56. The fraction of sp³-hybridized carbons (Fsp3) is 0.500. The van der Waals surface area contributed by atoms with Crippen LogP contribution < -0.4 is 9.64 Å². The number of rotatable bonds is 7. The summed E-state index contributed by atoms with van der Waals surface area (Å²) in [6, 6.07) is 4.64. The lowest BCUT2D eigenvalue weighted by Gasteiger charge is -2.41. The number of piperazine rings is 1. The van der Waals surface area contributed by atoms with Crippen molar-refractivity contribution in [3.63, 3.8) is 0 Å². The van der Waals surface area contributed by atoms with Crippen molar-refractivity contribution in [2.24, 2.45) is 0 Å². The Balaban J connectivity index is 1.31. The van der Waals surface area contributed by atoms with Gasteiger partial charge in [0.2, 0.25) is 5.91 Å². The van der Waals surface area contributed by atoms with Gasteiger partial charge in [0.15, 0.2) is 5.82 Å². The molecule has 3 atom stereocenters. The molecule has 9 nitrogen and oxygen atoms in total. The number of aromatic nitrogens is 3. The largest absolute Gasteiger partial charge is 0.461 e. The van der Waals surface area contributed by atoms with Crippen LogP contribution in [0.3, 0.4) is 0 Å². The summed E-state index contributed by atoms with van der Waals surface area (Å²) in [7, 11) is 0. The quantitative estimate of drug-likeness (QED) is 0.339. The van der Waals surface area contributed by atoms with E-state index in [9.17, 15) is 18.8 Å². The van der Waals surface area contributed by atoms with E-state index in [1.807, 2.05) is 4.90 Å². The molecular formula is C34H36F3N7O2. The van der Waals surface area contributed by atoms with Crippen molar-refractivity contribution < 1.29 is 22.7 Å². The van der Waals surface area contributed by atoms with Crippen LogP contribution >= 0.6 is 0 Å². The average Bonchev–Trinajstić information content (AvgIpc) is 3.60. The molecular weight excluding hydrogens is 595 g/mol. The third-order valence-electron chi connectivity index (χ3n) is 10.2. The Bertz CT molecular complexity index is 1750. The molecule has 7 rings (SSSR count). The van der Waals surface area contributed by atoms with Crippen molar-refractivity contribution in [3.8, 4) is 23.3 Å². The van der Waals surface area contributed by atoms with Crippen LogP contribution in [0.15, 0.2) is 31.0 Å². The molecule has 1 aromatic carbocycles. The van der Waals surface area contributed by atoms with Crippen molar-refractivity contribution in [2.45, 2.75) is 69.1 Å². The maximum Gasteiger partial charge on any atom is 0.319 e. The first-order valence-corrected chi connectivity index (χ1v) is 16.1. The summed E-state index contributed by atoms with van der Waals surface area (Å²) in [4.78, 5) is 32.0. The molecule has 0 unspecified atom stereocenters. The molecule has 1 aliphatic carbocycles. The number of halogens is 3. The molecule has 3 aromatic rings. The van der Waals surface area contributed by atoms with Crippen LogP contribution in [0.5, 0.6) is 6.01 Å². The van der Waals surface area contributed by atoms with E-state index in [1.54, 1.807) is 11.0 Å². The molecule has 2 aromatic heterocycles. The predicted molar refractivity (Wildman–Crippen MR) is 166 cm³/mol. The molecule has 46 heavy (non-hydrogen) atoms. The Morgan fingerprint density at radius 1 is 1.13 bits per heavy atom. The summed E-state index contributed by atoms with van der Waals surface area (Å²) < 4.78 is 52.1. The third kappa shape index (κ3) is 5.24. The highest BCUT2D eigenvalue weighted by atomic mass is 19.1. The first-order chi connectivity index (χ1) is 22.3. The van der Waals surface area contributed by atoms with E-state index in [0.717, 1.165) is 37.8 Å². The minimum Gasteiger partial charge on any atom is -0.461 e. The zero-order valence-corrected chi connectivity index (χ0v) is 25.7. The Morgan fingerprint density at radius 3 is 2.76 bits per heavy atom. The number of anilines is 1. The molecule has 3 aliphatic heterocycles. The molecule has 0 saturated carbocycles. The van der Waals surface area contributed by atoms with Crippen molar-refractivity contribution in [3.05, 3.63) is 53.7 Å². The van der Waals surface area contributed by atoms with Gasteiger partial charge in [-0.25, -0.2) is 13.2 Å². The smallest absolute Gasteiger partial charge is 0.319 e. The van der Waals surface area contributed by atoms with Gasteiger partial charge in [-0.3, -0.25) is 14.7 Å². The highest BCUT2D eigenvalue weighted by molar-refractivity contribution is 5.93. The number of hydrogen-bond acceptors (Lipinski definition) is 8. The first-order valence-electron chi connectivity index (χ1n) is 16.1. The topological polar surface area (TPSA) is 98.5 Å². The lowest BCUT2D eigenvalue weighted by molar-refractivity contribution is -0.128. The van der Waals surface area contributed by atoms with Crippen LogP contribution in [-0.4, -0.2) is 87.7 Å². The highest BCUT2D eigenvalue weighted by Gasteiger charge is 2.49. The van der Waals surface area contributed by atoms with E-state index in [2.05, 4.69) is 27.5 Å². The van der Waals surface area contributed by atoms with Crippen molar-refractivity contribution in [1.82, 2.24) is 24.8 Å². The van der Waals surface area contributed by atoms with E-state index >= 15 is 4.39 Å². The Kier molecular flexibility index (Phi) is 8.05. The fourth-order valence-electron chi connectivity index (χ4n) is 7.94. The maximum absolute atomic E-state index is 16.7. The van der Waals surface area contributed by atoms with Crippen LogP contribution in [0.25, 0.3) is 22.2 Å². The van der Waals surface area contributed by atoms with E-state index in [0.29, 0.717) is 61.2 Å². The van der Waals surface area contributed by atoms with Gasteiger partial charge in [-0.05, 0) is 74.4 Å². The van der Waals surface area contributed by atoms with Gasteiger partial charge in [-0.2, -0.15) is 15.2 Å². The van der Waals surface area contributed by atoms with Gasteiger partial charge >= 0.3 is 6.01 Å². The Morgan fingerprint density at radius 2 is 1.96 bits per heavy atom. The average molecular weight is 632 g/mol. The first kappa shape index (κ1) is 30.4. The van der Waals surface area contributed by atoms with Crippen LogP contribution in [-0.2, 0) is 17.6 Å². The van der Waals surface area contributed by atoms with E-state index in [-0.39, 0.29) is 48.5 Å². The fourth-order valence-corrected chi connectivity index (χ4v) is 7.94. The number of amides is 1. The summed E-state index contributed by atoms with van der Waals surface area (Å²) in [6.07, 6.45) is 7.01. The molecule has 0 radical (unpaired) electrons. The van der Waals surface area contributed by atoms with Crippen molar-refractivity contribution in [1.29, 1.82) is 5.26 Å². The van der Waals surface area contributed by atoms with Gasteiger partial charge in [0.25, 0.3) is 0 Å². The molecule has 3 saturated heterocycles. The summed E-state index contributed by atoms with van der Waals surface area (Å²) in [6.45, 7) is 5.87. The van der Waals surface area contributed by atoms with Crippen molar-refractivity contribution in [2.75, 3.05) is 44.2 Å². The molecule has 0 bridgehead atoms. The molecule has 0 spiro atoms. The molecule has 5 heterocycles. The number of carbonyl (C=O) groups excluding carboxylic acids is 1. The maximum atomic E-state index is 16.7. The second kappa shape index (κ2) is 12.2. The molecule has 240 valence electrons. The number of alkyl halides is 1. The molecule has 3 fully saturated rings. The third-order valence-corrected chi connectivity index (χ3v) is 10.2. The second-order valence-electron chi connectivity index (χ2n) is 12.8. The van der Waals surface area contributed by atoms with E-state index < -0.39 is 23.6 Å². The SMILES string of the molecule is C=CC(=O)N1CCN(c2nc(OC[C@@]34CCCN3C[C@H](F)C4)nc3c(F)c(-c4ccc(F)c5c4CCCC5)ncc23)C[C@@H]1CC#N. The van der Waals surface area contributed by atoms with Crippen LogP contribution in [0.2, 0.25) is 0 Å². The van der Waals surface area contributed by atoms with Gasteiger partial charge in [-0.15, -0.1) is 0 Å². The normalized spacial score (nSPS) is 24.5. The van der Waals surface area contributed by atoms with Gasteiger partial charge in [-0.1, -0.05) is 6.58 Å². The number of ether oxygens (including phenoxy) is 1. The van der Waals surface area contributed by atoms with Gasteiger partial charge < -0.3 is 14.5 Å². The molecule has 4 aliphatic rings. The highest BCUT2D eigenvalue weighted by Crippen LogP contribution is 2.41. The molecule has 12 heteroatoms. The number of pyridine rings is 1. The zero-order valence-electron chi connectivity index (χ0n) is 25.7. The number of benzene rings is 1. The number of fused-ring (bicyclic) bond motifs is 3.